The SMILES string of the molecule is CCC(=O)N1CCc2ccc(O[C@@H](CC)C(=O)N3CCSCC3)cc2[C@H]1c1cccc(F)c1. The van der Waals surface area contributed by atoms with E-state index in [1.807, 2.05) is 59.7 Å². The summed E-state index contributed by atoms with van der Waals surface area (Å²) in [5.41, 5.74) is 2.79. The molecule has 1 saturated heterocycles. The summed E-state index contributed by atoms with van der Waals surface area (Å²) >= 11 is 1.86. The summed E-state index contributed by atoms with van der Waals surface area (Å²) in [6.45, 7) is 5.89. The first-order valence-electron chi connectivity index (χ1n) is 11.7. The van der Waals surface area contributed by atoms with Crippen molar-refractivity contribution in [1.82, 2.24) is 9.80 Å². The van der Waals surface area contributed by atoms with Gasteiger partial charge in [0.25, 0.3) is 5.91 Å². The molecule has 4 rings (SSSR count). The molecule has 2 atom stereocenters. The van der Waals surface area contributed by atoms with Gasteiger partial charge in [0.1, 0.15) is 11.6 Å². The average molecular weight is 471 g/mol. The number of halogens is 1. The van der Waals surface area contributed by atoms with E-state index in [0.29, 0.717) is 25.1 Å². The van der Waals surface area contributed by atoms with E-state index in [1.54, 1.807) is 6.07 Å². The number of fused-ring (bicyclic) bond motifs is 1. The largest absolute Gasteiger partial charge is 0.481 e. The molecule has 0 bridgehead atoms. The van der Waals surface area contributed by atoms with Crippen LogP contribution in [0.2, 0.25) is 0 Å². The molecule has 1 fully saturated rings. The molecule has 2 heterocycles. The van der Waals surface area contributed by atoms with Crippen LogP contribution in [-0.2, 0) is 16.0 Å². The highest BCUT2D eigenvalue weighted by atomic mass is 32.2. The second-order valence-corrected chi connectivity index (χ2v) is 9.69. The van der Waals surface area contributed by atoms with E-state index >= 15 is 0 Å². The van der Waals surface area contributed by atoms with E-state index in [0.717, 1.165) is 47.7 Å². The molecule has 33 heavy (non-hydrogen) atoms. The fourth-order valence-electron chi connectivity index (χ4n) is 4.63. The topological polar surface area (TPSA) is 49.9 Å². The number of amides is 2. The molecule has 0 aromatic heterocycles. The van der Waals surface area contributed by atoms with Gasteiger partial charge in [0.15, 0.2) is 6.10 Å². The second-order valence-electron chi connectivity index (χ2n) is 8.46. The lowest BCUT2D eigenvalue weighted by molar-refractivity contribution is -0.138. The van der Waals surface area contributed by atoms with Crippen LogP contribution in [0.5, 0.6) is 5.75 Å². The van der Waals surface area contributed by atoms with E-state index in [9.17, 15) is 14.0 Å². The van der Waals surface area contributed by atoms with Crippen LogP contribution in [0.4, 0.5) is 4.39 Å². The Morgan fingerprint density at radius 2 is 1.91 bits per heavy atom. The van der Waals surface area contributed by atoms with Gasteiger partial charge in [-0.15, -0.1) is 0 Å². The predicted molar refractivity (Wildman–Crippen MR) is 129 cm³/mol. The minimum atomic E-state index is -0.546. The Kier molecular flexibility index (Phi) is 7.58. The van der Waals surface area contributed by atoms with Crippen molar-refractivity contribution in [3.63, 3.8) is 0 Å². The zero-order valence-electron chi connectivity index (χ0n) is 19.3. The molecule has 2 aliphatic rings. The molecule has 0 spiro atoms. The normalized spacial score (nSPS) is 19.1. The van der Waals surface area contributed by atoms with Crippen LogP contribution in [0.25, 0.3) is 0 Å². The fraction of sp³-hybridized carbons (Fsp3) is 0.462. The zero-order chi connectivity index (χ0) is 23.4. The lowest BCUT2D eigenvalue weighted by Gasteiger charge is -2.38. The Balaban J connectivity index is 1.65. The van der Waals surface area contributed by atoms with E-state index in [1.165, 1.54) is 12.1 Å². The van der Waals surface area contributed by atoms with Crippen LogP contribution in [0.1, 0.15) is 49.4 Å². The first-order valence-corrected chi connectivity index (χ1v) is 12.9. The Labute approximate surface area is 199 Å². The van der Waals surface area contributed by atoms with E-state index in [-0.39, 0.29) is 23.7 Å². The maximum absolute atomic E-state index is 14.1. The maximum Gasteiger partial charge on any atom is 0.263 e. The monoisotopic (exact) mass is 470 g/mol. The highest BCUT2D eigenvalue weighted by molar-refractivity contribution is 7.99. The number of nitrogens with zero attached hydrogens (tertiary/aromatic N) is 2. The maximum atomic E-state index is 14.1. The number of carbonyl (C=O) groups excluding carboxylic acids is 2. The molecule has 2 aromatic carbocycles. The summed E-state index contributed by atoms with van der Waals surface area (Å²) in [5.74, 6) is 2.25. The highest BCUT2D eigenvalue weighted by Gasteiger charge is 2.33. The van der Waals surface area contributed by atoms with Gasteiger partial charge in [-0.2, -0.15) is 11.8 Å². The van der Waals surface area contributed by atoms with Gasteiger partial charge in [-0.05, 0) is 53.8 Å². The minimum Gasteiger partial charge on any atom is -0.481 e. The highest BCUT2D eigenvalue weighted by Crippen LogP contribution is 2.38. The van der Waals surface area contributed by atoms with Crippen molar-refractivity contribution in [2.24, 2.45) is 0 Å². The van der Waals surface area contributed by atoms with Gasteiger partial charge >= 0.3 is 0 Å². The zero-order valence-corrected chi connectivity index (χ0v) is 20.1. The molecular formula is C26H31FN2O3S. The molecule has 176 valence electrons. The quantitative estimate of drug-likeness (QED) is 0.626. The number of benzene rings is 2. The summed E-state index contributed by atoms with van der Waals surface area (Å²) in [6.07, 6.45) is 1.15. The van der Waals surface area contributed by atoms with Crippen LogP contribution in [0.3, 0.4) is 0 Å². The molecule has 0 radical (unpaired) electrons. The molecule has 0 N–H and O–H groups in total. The van der Waals surface area contributed by atoms with Crippen LogP contribution in [-0.4, -0.2) is 58.9 Å². The Bertz CT molecular complexity index is 1010. The summed E-state index contributed by atoms with van der Waals surface area (Å²) in [4.78, 5) is 29.5. The number of thioether (sulfide) groups is 1. The van der Waals surface area contributed by atoms with Gasteiger partial charge in [-0.25, -0.2) is 4.39 Å². The Morgan fingerprint density at radius 1 is 1.12 bits per heavy atom. The van der Waals surface area contributed by atoms with Crippen LogP contribution in [0, 0.1) is 5.82 Å². The van der Waals surface area contributed by atoms with Crippen molar-refractivity contribution >= 4 is 23.6 Å². The van der Waals surface area contributed by atoms with E-state index in [4.69, 9.17) is 4.74 Å². The number of carbonyl (C=O) groups is 2. The van der Waals surface area contributed by atoms with Gasteiger partial charge in [0.2, 0.25) is 5.91 Å². The molecule has 0 saturated carbocycles. The van der Waals surface area contributed by atoms with E-state index in [2.05, 4.69) is 0 Å². The molecule has 7 heteroatoms. The van der Waals surface area contributed by atoms with Crippen molar-refractivity contribution in [1.29, 1.82) is 0 Å². The van der Waals surface area contributed by atoms with Crippen molar-refractivity contribution in [2.75, 3.05) is 31.1 Å². The van der Waals surface area contributed by atoms with Crippen molar-refractivity contribution in [3.05, 3.63) is 65.0 Å². The summed E-state index contributed by atoms with van der Waals surface area (Å²) in [5, 5.41) is 0. The number of ether oxygens (including phenoxy) is 1. The average Bonchev–Trinajstić information content (AvgIpc) is 2.86. The predicted octanol–water partition coefficient (Wildman–Crippen LogP) is 4.44. The molecule has 2 aliphatic heterocycles. The van der Waals surface area contributed by atoms with Gasteiger partial charge < -0.3 is 14.5 Å². The first-order chi connectivity index (χ1) is 16.0. The lowest BCUT2D eigenvalue weighted by atomic mass is 9.87. The minimum absolute atomic E-state index is 0.0278. The Hall–Kier alpha value is -2.54. The van der Waals surface area contributed by atoms with E-state index < -0.39 is 6.10 Å². The molecule has 2 amide bonds. The van der Waals surface area contributed by atoms with Crippen molar-refractivity contribution < 1.29 is 18.7 Å². The van der Waals surface area contributed by atoms with Crippen LogP contribution in [0.15, 0.2) is 42.5 Å². The standard InChI is InChI=1S/C26H31FN2O3S/c1-3-23(26(31)28-12-14-33-15-13-28)32-21-9-8-18-10-11-29(24(30)4-2)25(22(18)17-21)19-6-5-7-20(27)16-19/h5-9,16-17,23,25H,3-4,10-15H2,1-2H3/t23-,25+/m0/s1. The third-order valence-corrected chi connectivity index (χ3v) is 7.32. The summed E-state index contributed by atoms with van der Waals surface area (Å²) in [7, 11) is 0. The van der Waals surface area contributed by atoms with Gasteiger partial charge in [-0.3, -0.25) is 9.59 Å². The summed E-state index contributed by atoms with van der Waals surface area (Å²) in [6, 6.07) is 11.9. The second kappa shape index (κ2) is 10.6. The first kappa shape index (κ1) is 23.6. The number of hydrogen-bond acceptors (Lipinski definition) is 4. The van der Waals surface area contributed by atoms with Crippen molar-refractivity contribution in [2.45, 2.75) is 45.3 Å². The molecule has 0 aliphatic carbocycles. The molecule has 5 nitrogen and oxygen atoms in total. The molecule has 2 aromatic rings. The van der Waals surface area contributed by atoms with Crippen LogP contribution >= 0.6 is 11.8 Å². The fourth-order valence-corrected chi connectivity index (χ4v) is 5.54. The molecular weight excluding hydrogens is 439 g/mol. The third kappa shape index (κ3) is 5.18. The number of rotatable bonds is 6. The molecule has 0 unspecified atom stereocenters. The lowest BCUT2D eigenvalue weighted by Crippen LogP contribution is -2.45. The van der Waals surface area contributed by atoms with Crippen LogP contribution < -0.4 is 4.74 Å². The van der Waals surface area contributed by atoms with Gasteiger partial charge in [-0.1, -0.05) is 32.0 Å². The van der Waals surface area contributed by atoms with Gasteiger partial charge in [0, 0.05) is 37.6 Å². The number of hydrogen-bond donors (Lipinski definition) is 0. The van der Waals surface area contributed by atoms with Gasteiger partial charge in [0.05, 0.1) is 6.04 Å². The summed E-state index contributed by atoms with van der Waals surface area (Å²) < 4.78 is 20.3. The van der Waals surface area contributed by atoms with Crippen molar-refractivity contribution in [3.8, 4) is 5.75 Å². The smallest absolute Gasteiger partial charge is 0.263 e. The third-order valence-electron chi connectivity index (χ3n) is 6.38. The Morgan fingerprint density at radius 3 is 2.61 bits per heavy atom.